The van der Waals surface area contributed by atoms with Gasteiger partial charge in [-0.25, -0.2) is 4.79 Å². The van der Waals surface area contributed by atoms with Crippen molar-refractivity contribution in [1.82, 2.24) is 4.57 Å². The van der Waals surface area contributed by atoms with Gasteiger partial charge in [-0.1, -0.05) is 0 Å². The molecule has 0 radical (unpaired) electrons. The lowest BCUT2D eigenvalue weighted by molar-refractivity contribution is -0.384. The number of hydrogen-bond acceptors (Lipinski definition) is 6. The van der Waals surface area contributed by atoms with Gasteiger partial charge in [-0.2, -0.15) is 5.26 Å². The van der Waals surface area contributed by atoms with Crippen molar-refractivity contribution in [3.8, 4) is 11.8 Å². The van der Waals surface area contributed by atoms with Crippen molar-refractivity contribution in [2.24, 2.45) is 0 Å². The number of esters is 1. The predicted octanol–water partition coefficient (Wildman–Crippen LogP) is 2.24. The molecule has 0 aliphatic rings. The molecule has 1 heterocycles. The van der Waals surface area contributed by atoms with Crippen molar-refractivity contribution in [3.05, 3.63) is 50.8 Å². The minimum atomic E-state index is -0.781. The smallest absolute Gasteiger partial charge is 0.357 e. The molecule has 23 heavy (non-hydrogen) atoms. The molecule has 8 nitrogen and oxygen atoms in total. The van der Waals surface area contributed by atoms with Crippen molar-refractivity contribution in [2.75, 3.05) is 12.8 Å². The highest BCUT2D eigenvalue weighted by Gasteiger charge is 2.26. The maximum Gasteiger partial charge on any atom is 0.357 e. The second-order valence-corrected chi connectivity index (χ2v) is 4.96. The van der Waals surface area contributed by atoms with E-state index in [4.69, 9.17) is 11.0 Å². The van der Waals surface area contributed by atoms with Gasteiger partial charge in [-0.3, -0.25) is 10.1 Å². The number of aryl methyl sites for hydroxylation is 2. The molecule has 8 heteroatoms. The van der Waals surface area contributed by atoms with Crippen LogP contribution >= 0.6 is 0 Å². The molecule has 1 aromatic carbocycles. The Balaban J connectivity index is 2.87. The Morgan fingerprint density at radius 2 is 2.00 bits per heavy atom. The van der Waals surface area contributed by atoms with E-state index in [9.17, 15) is 14.9 Å². The molecule has 1 aromatic heterocycles. The molecule has 118 valence electrons. The van der Waals surface area contributed by atoms with E-state index in [1.54, 1.807) is 19.9 Å². The number of benzene rings is 1. The first-order chi connectivity index (χ1) is 10.8. The summed E-state index contributed by atoms with van der Waals surface area (Å²) in [5, 5.41) is 20.5. The van der Waals surface area contributed by atoms with Gasteiger partial charge in [0.2, 0.25) is 0 Å². The highest BCUT2D eigenvalue weighted by Crippen LogP contribution is 2.31. The summed E-state index contributed by atoms with van der Waals surface area (Å²) in [6.45, 7) is 3.54. The number of nitro benzene ring substituents is 1. The predicted molar refractivity (Wildman–Crippen MR) is 82.4 cm³/mol. The van der Waals surface area contributed by atoms with Gasteiger partial charge in [0.05, 0.1) is 23.3 Å². The number of nitrogen functional groups attached to an aromatic ring is 1. The molecule has 2 rings (SSSR count). The van der Waals surface area contributed by atoms with Gasteiger partial charge in [0, 0.05) is 12.3 Å². The zero-order valence-electron chi connectivity index (χ0n) is 12.8. The Bertz CT molecular complexity index is 861. The number of nitrogens with zero attached hydrogens (tertiary/aromatic N) is 3. The van der Waals surface area contributed by atoms with Crippen molar-refractivity contribution < 1.29 is 14.5 Å². The van der Waals surface area contributed by atoms with Crippen molar-refractivity contribution in [2.45, 2.75) is 13.8 Å². The fraction of sp³-hybridized carbons (Fsp3) is 0.200. The van der Waals surface area contributed by atoms with E-state index < -0.39 is 10.9 Å². The number of carbonyl (C=O) groups is 1. The standard InChI is InChI=1S/C15H14N4O4/c1-8-4-11(12(19(21)22)5-9(8)2)18-7-10(6-16)13(17)14(18)15(20)23-3/h4-5,7H,17H2,1-3H3. The number of nitriles is 1. The molecule has 0 spiro atoms. The highest BCUT2D eigenvalue weighted by molar-refractivity contribution is 5.96. The minimum Gasteiger partial charge on any atom is -0.464 e. The molecule has 0 aliphatic heterocycles. The zero-order valence-corrected chi connectivity index (χ0v) is 12.8. The van der Waals surface area contributed by atoms with Gasteiger partial charge in [-0.05, 0) is 31.0 Å². The molecule has 2 aromatic rings. The van der Waals surface area contributed by atoms with Crippen LogP contribution in [-0.4, -0.2) is 22.6 Å². The Kier molecular flexibility index (Phi) is 4.05. The van der Waals surface area contributed by atoms with E-state index in [0.717, 1.165) is 11.1 Å². The fourth-order valence-electron chi connectivity index (χ4n) is 2.23. The van der Waals surface area contributed by atoms with Gasteiger partial charge in [0.25, 0.3) is 5.69 Å². The molecule has 0 atom stereocenters. The van der Waals surface area contributed by atoms with E-state index in [0.29, 0.717) is 0 Å². The van der Waals surface area contributed by atoms with Crippen LogP contribution in [0.15, 0.2) is 18.3 Å². The van der Waals surface area contributed by atoms with Crippen molar-refractivity contribution in [1.29, 1.82) is 5.26 Å². The van der Waals surface area contributed by atoms with Crippen LogP contribution < -0.4 is 5.73 Å². The number of aromatic nitrogens is 1. The summed E-state index contributed by atoms with van der Waals surface area (Å²) in [7, 11) is 1.17. The van der Waals surface area contributed by atoms with Crippen LogP contribution in [0.3, 0.4) is 0 Å². The van der Waals surface area contributed by atoms with E-state index in [1.165, 1.54) is 23.9 Å². The lowest BCUT2D eigenvalue weighted by Gasteiger charge is -2.11. The highest BCUT2D eigenvalue weighted by atomic mass is 16.6. The number of nitro groups is 1. The van der Waals surface area contributed by atoms with Crippen LogP contribution in [0.25, 0.3) is 5.69 Å². The number of rotatable bonds is 3. The summed E-state index contributed by atoms with van der Waals surface area (Å²) in [5.74, 6) is -0.781. The van der Waals surface area contributed by atoms with Crippen molar-refractivity contribution in [3.63, 3.8) is 0 Å². The Morgan fingerprint density at radius 3 is 2.52 bits per heavy atom. The summed E-state index contributed by atoms with van der Waals surface area (Å²) in [4.78, 5) is 22.8. The van der Waals surface area contributed by atoms with Gasteiger partial charge < -0.3 is 15.0 Å². The third-order valence-corrected chi connectivity index (χ3v) is 3.59. The first-order valence-electron chi connectivity index (χ1n) is 6.57. The summed E-state index contributed by atoms with van der Waals surface area (Å²) < 4.78 is 5.90. The van der Waals surface area contributed by atoms with Crippen LogP contribution in [0, 0.1) is 35.3 Å². The third-order valence-electron chi connectivity index (χ3n) is 3.59. The van der Waals surface area contributed by atoms with Crippen LogP contribution in [0.1, 0.15) is 27.2 Å². The first-order valence-corrected chi connectivity index (χ1v) is 6.57. The molecular formula is C15H14N4O4. The van der Waals surface area contributed by atoms with Crippen LogP contribution in [0.5, 0.6) is 0 Å². The minimum absolute atomic E-state index is 0.0397. The summed E-state index contributed by atoms with van der Waals surface area (Å²) in [5.41, 5.74) is 7.14. The molecule has 0 saturated carbocycles. The monoisotopic (exact) mass is 314 g/mol. The molecule has 0 bridgehead atoms. The third kappa shape index (κ3) is 2.60. The molecule has 0 amide bonds. The average Bonchev–Trinajstić information content (AvgIpc) is 2.85. The van der Waals surface area contributed by atoms with Gasteiger partial charge in [0.15, 0.2) is 5.69 Å². The Labute approximate surface area is 131 Å². The van der Waals surface area contributed by atoms with Gasteiger partial charge in [0.1, 0.15) is 11.8 Å². The molecule has 2 N–H and O–H groups in total. The number of methoxy groups -OCH3 is 1. The lowest BCUT2D eigenvalue weighted by atomic mass is 10.1. The lowest BCUT2D eigenvalue weighted by Crippen LogP contribution is -2.12. The summed E-state index contributed by atoms with van der Waals surface area (Å²) >= 11 is 0. The fourth-order valence-corrected chi connectivity index (χ4v) is 2.23. The first kappa shape index (κ1) is 16.0. The SMILES string of the molecule is COC(=O)c1c(N)c(C#N)cn1-c1cc(C)c(C)cc1[N+](=O)[O-]. The van der Waals surface area contributed by atoms with Crippen LogP contribution in [-0.2, 0) is 4.74 Å². The van der Waals surface area contributed by atoms with Crippen molar-refractivity contribution >= 4 is 17.3 Å². The molecule has 0 unspecified atom stereocenters. The summed E-state index contributed by atoms with van der Waals surface area (Å²) in [6, 6.07) is 4.84. The van der Waals surface area contributed by atoms with E-state index in [1.807, 2.05) is 6.07 Å². The number of hydrogen-bond donors (Lipinski definition) is 1. The topological polar surface area (TPSA) is 124 Å². The van der Waals surface area contributed by atoms with E-state index in [-0.39, 0.29) is 28.3 Å². The number of carbonyl (C=O) groups excluding carboxylic acids is 1. The molecular weight excluding hydrogens is 300 g/mol. The van der Waals surface area contributed by atoms with E-state index in [2.05, 4.69) is 4.74 Å². The van der Waals surface area contributed by atoms with Gasteiger partial charge in [-0.15, -0.1) is 0 Å². The maximum absolute atomic E-state index is 12.0. The average molecular weight is 314 g/mol. The van der Waals surface area contributed by atoms with Crippen LogP contribution in [0.2, 0.25) is 0 Å². The number of anilines is 1. The molecule has 0 fully saturated rings. The van der Waals surface area contributed by atoms with Gasteiger partial charge >= 0.3 is 5.97 Å². The Morgan fingerprint density at radius 1 is 1.39 bits per heavy atom. The molecule has 0 aliphatic carbocycles. The second kappa shape index (κ2) is 5.81. The summed E-state index contributed by atoms with van der Waals surface area (Å²) in [6.07, 6.45) is 1.29. The largest absolute Gasteiger partial charge is 0.464 e. The molecule has 0 saturated heterocycles. The number of nitrogens with two attached hydrogens (primary N) is 1. The quantitative estimate of drug-likeness (QED) is 0.526. The van der Waals surface area contributed by atoms with E-state index >= 15 is 0 Å². The van der Waals surface area contributed by atoms with Crippen LogP contribution in [0.4, 0.5) is 11.4 Å². The number of ether oxygens (including phenoxy) is 1. The second-order valence-electron chi connectivity index (χ2n) is 4.96. The zero-order chi connectivity index (χ0) is 17.3. The Hall–Kier alpha value is -3.34. The normalized spacial score (nSPS) is 10.2. The maximum atomic E-state index is 12.0.